The summed E-state index contributed by atoms with van der Waals surface area (Å²) in [6.07, 6.45) is 1.58. The van der Waals surface area contributed by atoms with Crippen LogP contribution in [0.15, 0.2) is 36.5 Å². The fourth-order valence-electron chi connectivity index (χ4n) is 1.94. The highest BCUT2D eigenvalue weighted by molar-refractivity contribution is 14.1. The van der Waals surface area contributed by atoms with Gasteiger partial charge in [-0.1, -0.05) is 12.1 Å². The van der Waals surface area contributed by atoms with Crippen molar-refractivity contribution in [3.63, 3.8) is 0 Å². The predicted molar refractivity (Wildman–Crippen MR) is 74.2 cm³/mol. The summed E-state index contributed by atoms with van der Waals surface area (Å²) in [5.41, 5.74) is 1.55. The fraction of sp³-hybridized carbons (Fsp3) is 0. The van der Waals surface area contributed by atoms with Gasteiger partial charge in [-0.3, -0.25) is 0 Å². The van der Waals surface area contributed by atoms with Crippen LogP contribution in [-0.2, 0) is 0 Å². The van der Waals surface area contributed by atoms with E-state index in [0.29, 0.717) is 11.2 Å². The highest BCUT2D eigenvalue weighted by Crippen LogP contribution is 2.30. The van der Waals surface area contributed by atoms with Crippen LogP contribution in [0.2, 0.25) is 0 Å². The van der Waals surface area contributed by atoms with Gasteiger partial charge in [-0.05, 0) is 46.4 Å². The lowest BCUT2D eigenvalue weighted by atomic mass is 10.0. The van der Waals surface area contributed by atoms with E-state index in [-0.39, 0.29) is 5.56 Å². The van der Waals surface area contributed by atoms with Crippen LogP contribution in [0.4, 0.5) is 8.78 Å². The number of nitrogens with one attached hydrogen (secondary N) is 1. The van der Waals surface area contributed by atoms with Gasteiger partial charge in [0.2, 0.25) is 0 Å². The zero-order chi connectivity index (χ0) is 12.7. The van der Waals surface area contributed by atoms with E-state index >= 15 is 0 Å². The van der Waals surface area contributed by atoms with Crippen molar-refractivity contribution < 1.29 is 8.78 Å². The van der Waals surface area contributed by atoms with Crippen LogP contribution in [-0.4, -0.2) is 9.97 Å². The topological polar surface area (TPSA) is 28.7 Å². The van der Waals surface area contributed by atoms with Gasteiger partial charge in [-0.25, -0.2) is 13.8 Å². The van der Waals surface area contributed by atoms with Gasteiger partial charge in [0.25, 0.3) is 0 Å². The highest BCUT2D eigenvalue weighted by atomic mass is 127. The summed E-state index contributed by atoms with van der Waals surface area (Å²) in [5, 5.41) is 0.784. The number of rotatable bonds is 1. The maximum absolute atomic E-state index is 13.8. The molecule has 2 aromatic heterocycles. The van der Waals surface area contributed by atoms with Crippen molar-refractivity contribution in [1.82, 2.24) is 9.97 Å². The van der Waals surface area contributed by atoms with Crippen LogP contribution >= 0.6 is 22.6 Å². The second-order valence-electron chi connectivity index (χ2n) is 3.84. The third kappa shape index (κ3) is 1.78. The molecule has 0 amide bonds. The molecule has 3 aromatic rings. The quantitative estimate of drug-likeness (QED) is 0.653. The Labute approximate surface area is 115 Å². The van der Waals surface area contributed by atoms with E-state index in [1.807, 2.05) is 6.07 Å². The Balaban J connectivity index is 2.34. The number of benzene rings is 1. The molecule has 0 radical (unpaired) electrons. The van der Waals surface area contributed by atoms with E-state index in [4.69, 9.17) is 0 Å². The number of aromatic amines is 1. The van der Waals surface area contributed by atoms with Crippen LogP contribution in [0.25, 0.3) is 22.2 Å². The summed E-state index contributed by atoms with van der Waals surface area (Å²) in [4.78, 5) is 7.23. The molecule has 1 aromatic carbocycles. The van der Waals surface area contributed by atoms with Crippen LogP contribution < -0.4 is 0 Å². The minimum Gasteiger partial charge on any atom is -0.335 e. The maximum Gasteiger partial charge on any atom is 0.166 e. The largest absolute Gasteiger partial charge is 0.335 e. The Morgan fingerprint density at radius 2 is 1.94 bits per heavy atom. The molecule has 2 heterocycles. The van der Waals surface area contributed by atoms with Crippen molar-refractivity contribution >= 4 is 33.6 Å². The molecule has 0 aliphatic heterocycles. The summed E-state index contributed by atoms with van der Waals surface area (Å²) in [7, 11) is 0. The van der Waals surface area contributed by atoms with Crippen molar-refractivity contribution in [2.75, 3.05) is 0 Å². The molecule has 18 heavy (non-hydrogen) atoms. The van der Waals surface area contributed by atoms with Crippen molar-refractivity contribution in [3.8, 4) is 11.1 Å². The van der Waals surface area contributed by atoms with Crippen molar-refractivity contribution in [2.24, 2.45) is 0 Å². The molecule has 0 saturated heterocycles. The minimum atomic E-state index is -0.845. The fourth-order valence-corrected chi connectivity index (χ4v) is 2.51. The Bertz CT molecular complexity index is 737. The molecule has 3 rings (SSSR count). The Morgan fingerprint density at radius 1 is 1.11 bits per heavy atom. The summed E-state index contributed by atoms with van der Waals surface area (Å²) in [6.45, 7) is 0. The van der Waals surface area contributed by atoms with E-state index in [0.717, 1.165) is 15.2 Å². The molecule has 0 fully saturated rings. The number of fused-ring (bicyclic) bond motifs is 1. The number of H-pyrrole nitrogens is 1. The van der Waals surface area contributed by atoms with Gasteiger partial charge in [-0.2, -0.15) is 0 Å². The lowest BCUT2D eigenvalue weighted by Gasteiger charge is -2.05. The number of nitrogens with zero attached hydrogens (tertiary/aromatic N) is 1. The normalized spacial score (nSPS) is 11.1. The van der Waals surface area contributed by atoms with E-state index < -0.39 is 11.6 Å². The number of halogens is 3. The smallest absolute Gasteiger partial charge is 0.166 e. The second kappa shape index (κ2) is 4.31. The van der Waals surface area contributed by atoms with Crippen LogP contribution in [0.1, 0.15) is 0 Å². The standard InChI is InChI=1S/C13H7F2IN2/c14-10-3-1-2-8(12(10)15)7-4-5-17-13-9(7)6-11(16)18-13/h1-6H,(H,17,18). The Morgan fingerprint density at radius 3 is 2.78 bits per heavy atom. The number of hydrogen-bond acceptors (Lipinski definition) is 1. The molecule has 0 unspecified atom stereocenters. The van der Waals surface area contributed by atoms with E-state index in [1.54, 1.807) is 18.3 Å². The van der Waals surface area contributed by atoms with Gasteiger partial charge in [0.1, 0.15) is 5.65 Å². The molecule has 0 saturated carbocycles. The van der Waals surface area contributed by atoms with Gasteiger partial charge in [-0.15, -0.1) is 0 Å². The summed E-state index contributed by atoms with van der Waals surface area (Å²) < 4.78 is 28.0. The number of hydrogen-bond donors (Lipinski definition) is 1. The molecule has 1 N–H and O–H groups in total. The number of aromatic nitrogens is 2. The summed E-state index contributed by atoms with van der Waals surface area (Å²) in [6, 6.07) is 7.72. The summed E-state index contributed by atoms with van der Waals surface area (Å²) >= 11 is 2.12. The molecule has 90 valence electrons. The highest BCUT2D eigenvalue weighted by Gasteiger charge is 2.13. The zero-order valence-corrected chi connectivity index (χ0v) is 11.2. The first kappa shape index (κ1) is 11.6. The molecule has 0 spiro atoms. The van der Waals surface area contributed by atoms with E-state index in [2.05, 4.69) is 32.6 Å². The monoisotopic (exact) mass is 356 g/mol. The zero-order valence-electron chi connectivity index (χ0n) is 9.05. The molecule has 0 bridgehead atoms. The van der Waals surface area contributed by atoms with Crippen LogP contribution in [0.5, 0.6) is 0 Å². The third-order valence-electron chi connectivity index (χ3n) is 2.74. The molecule has 0 aliphatic rings. The van der Waals surface area contributed by atoms with Gasteiger partial charge < -0.3 is 4.98 Å². The van der Waals surface area contributed by atoms with Gasteiger partial charge in [0.05, 0.1) is 3.70 Å². The van der Waals surface area contributed by atoms with Gasteiger partial charge in [0.15, 0.2) is 11.6 Å². The molecule has 0 atom stereocenters. The second-order valence-corrected chi connectivity index (χ2v) is 5.00. The SMILES string of the molecule is Fc1cccc(-c2ccnc3[nH]c(I)cc23)c1F. The third-order valence-corrected chi connectivity index (χ3v) is 3.32. The van der Waals surface area contributed by atoms with Crippen LogP contribution in [0.3, 0.4) is 0 Å². The van der Waals surface area contributed by atoms with Gasteiger partial charge >= 0.3 is 0 Å². The first-order valence-corrected chi connectivity index (χ1v) is 6.32. The Hall–Kier alpha value is -1.50. The first-order chi connectivity index (χ1) is 8.66. The Kier molecular flexibility index (Phi) is 2.77. The van der Waals surface area contributed by atoms with Crippen molar-refractivity contribution in [1.29, 1.82) is 0 Å². The number of pyridine rings is 1. The summed E-state index contributed by atoms with van der Waals surface area (Å²) in [5.74, 6) is -1.68. The molecular formula is C13H7F2IN2. The molecule has 2 nitrogen and oxygen atoms in total. The average Bonchev–Trinajstić information content (AvgIpc) is 2.73. The first-order valence-electron chi connectivity index (χ1n) is 5.24. The lowest BCUT2D eigenvalue weighted by molar-refractivity contribution is 0.511. The average molecular weight is 356 g/mol. The maximum atomic E-state index is 13.8. The molecular weight excluding hydrogens is 349 g/mol. The lowest BCUT2D eigenvalue weighted by Crippen LogP contribution is -1.90. The molecule has 5 heteroatoms. The predicted octanol–water partition coefficient (Wildman–Crippen LogP) is 4.11. The van der Waals surface area contributed by atoms with Crippen molar-refractivity contribution in [3.05, 3.63) is 51.9 Å². The van der Waals surface area contributed by atoms with Gasteiger partial charge in [0, 0.05) is 17.1 Å². The van der Waals surface area contributed by atoms with Crippen molar-refractivity contribution in [2.45, 2.75) is 0 Å². The molecule has 0 aliphatic carbocycles. The van der Waals surface area contributed by atoms with E-state index in [1.165, 1.54) is 6.07 Å². The van der Waals surface area contributed by atoms with E-state index in [9.17, 15) is 8.78 Å². The van der Waals surface area contributed by atoms with Crippen LogP contribution in [0, 0.1) is 15.3 Å². The minimum absolute atomic E-state index is 0.248.